The maximum absolute atomic E-state index is 11.5. The highest BCUT2D eigenvalue weighted by Crippen LogP contribution is 2.07. The molecule has 0 fully saturated rings. The number of carbonyl (C=O) groups excluding carboxylic acids is 1. The third-order valence-electron chi connectivity index (χ3n) is 3.29. The van der Waals surface area contributed by atoms with E-state index >= 15 is 0 Å². The maximum Gasteiger partial charge on any atom is 0.237 e. The van der Waals surface area contributed by atoms with Gasteiger partial charge in [-0.15, -0.1) is 6.58 Å². The van der Waals surface area contributed by atoms with Gasteiger partial charge in [0, 0.05) is 6.54 Å². The van der Waals surface area contributed by atoms with Crippen molar-refractivity contribution in [1.82, 2.24) is 10.6 Å². The molecule has 0 bridgehead atoms. The lowest BCUT2D eigenvalue weighted by molar-refractivity contribution is -0.122. The molecule has 3 nitrogen and oxygen atoms in total. The van der Waals surface area contributed by atoms with E-state index in [0.29, 0.717) is 6.54 Å². The van der Waals surface area contributed by atoms with Crippen LogP contribution in [-0.4, -0.2) is 25.0 Å². The van der Waals surface area contributed by atoms with Gasteiger partial charge in [0.1, 0.15) is 0 Å². The van der Waals surface area contributed by atoms with Gasteiger partial charge in [-0.05, 0) is 19.9 Å². The summed E-state index contributed by atoms with van der Waals surface area (Å²) in [7, 11) is 0. The first-order valence-electron chi connectivity index (χ1n) is 7.84. The molecule has 0 aliphatic rings. The molecular formula is C16H32N2O. The Labute approximate surface area is 119 Å². The fourth-order valence-electron chi connectivity index (χ4n) is 2.00. The second kappa shape index (κ2) is 13.6. The van der Waals surface area contributed by atoms with Crippen molar-refractivity contribution in [3.63, 3.8) is 0 Å². The molecule has 1 unspecified atom stereocenters. The molecule has 1 atom stereocenters. The van der Waals surface area contributed by atoms with Gasteiger partial charge in [-0.1, -0.05) is 57.9 Å². The van der Waals surface area contributed by atoms with Crippen molar-refractivity contribution in [1.29, 1.82) is 0 Å². The Morgan fingerprint density at radius 3 is 2.26 bits per heavy atom. The van der Waals surface area contributed by atoms with E-state index in [1.165, 1.54) is 44.9 Å². The van der Waals surface area contributed by atoms with Gasteiger partial charge in [-0.25, -0.2) is 0 Å². The molecule has 1 amide bonds. The molecule has 0 rings (SSSR count). The molecule has 0 spiro atoms. The van der Waals surface area contributed by atoms with Gasteiger partial charge in [0.05, 0.1) is 6.04 Å². The number of hydrogen-bond acceptors (Lipinski definition) is 2. The first-order chi connectivity index (χ1) is 9.22. The molecular weight excluding hydrogens is 236 g/mol. The van der Waals surface area contributed by atoms with Crippen LogP contribution in [-0.2, 0) is 4.79 Å². The van der Waals surface area contributed by atoms with E-state index in [2.05, 4.69) is 24.1 Å². The Morgan fingerprint density at radius 1 is 1.11 bits per heavy atom. The summed E-state index contributed by atoms with van der Waals surface area (Å²) in [5.74, 6) is 0.0551. The van der Waals surface area contributed by atoms with Gasteiger partial charge in [0.2, 0.25) is 5.91 Å². The van der Waals surface area contributed by atoms with E-state index in [1.54, 1.807) is 6.08 Å². The minimum atomic E-state index is -0.107. The molecule has 0 aromatic carbocycles. The lowest BCUT2D eigenvalue weighted by atomic mass is 10.1. The van der Waals surface area contributed by atoms with Crippen molar-refractivity contribution in [2.45, 2.75) is 71.3 Å². The first kappa shape index (κ1) is 18.2. The van der Waals surface area contributed by atoms with Gasteiger partial charge in [0.15, 0.2) is 0 Å². The third kappa shape index (κ3) is 12.0. The standard InChI is InChI=1S/C16H32N2O/c1-4-6-7-8-9-10-11-12-14-17-15(3)16(19)18-13-5-2/h5,15,17H,2,4,6-14H2,1,3H3,(H,18,19). The Bertz CT molecular complexity index is 229. The lowest BCUT2D eigenvalue weighted by Gasteiger charge is -2.13. The summed E-state index contributed by atoms with van der Waals surface area (Å²) >= 11 is 0. The van der Waals surface area contributed by atoms with Crippen LogP contribution in [0.25, 0.3) is 0 Å². The normalized spacial score (nSPS) is 12.1. The van der Waals surface area contributed by atoms with Crippen molar-refractivity contribution in [2.24, 2.45) is 0 Å². The highest BCUT2D eigenvalue weighted by Gasteiger charge is 2.09. The smallest absolute Gasteiger partial charge is 0.237 e. The van der Waals surface area contributed by atoms with E-state index in [1.807, 2.05) is 6.92 Å². The molecule has 19 heavy (non-hydrogen) atoms. The van der Waals surface area contributed by atoms with Crippen LogP contribution < -0.4 is 10.6 Å². The molecule has 0 aliphatic carbocycles. The van der Waals surface area contributed by atoms with Crippen LogP contribution in [0.4, 0.5) is 0 Å². The Hall–Kier alpha value is -0.830. The van der Waals surface area contributed by atoms with E-state index in [-0.39, 0.29) is 11.9 Å². The molecule has 0 saturated heterocycles. The zero-order valence-electron chi connectivity index (χ0n) is 12.8. The Balaban J connectivity index is 3.29. The van der Waals surface area contributed by atoms with Crippen LogP contribution in [0.15, 0.2) is 12.7 Å². The quantitative estimate of drug-likeness (QED) is 0.397. The fraction of sp³-hybridized carbons (Fsp3) is 0.812. The molecule has 2 N–H and O–H groups in total. The van der Waals surface area contributed by atoms with Gasteiger partial charge in [-0.3, -0.25) is 4.79 Å². The topological polar surface area (TPSA) is 41.1 Å². The van der Waals surface area contributed by atoms with Crippen LogP contribution in [0, 0.1) is 0 Å². The summed E-state index contributed by atoms with van der Waals surface area (Å²) in [4.78, 5) is 11.5. The lowest BCUT2D eigenvalue weighted by Crippen LogP contribution is -2.42. The van der Waals surface area contributed by atoms with Gasteiger partial charge >= 0.3 is 0 Å². The summed E-state index contributed by atoms with van der Waals surface area (Å²) in [5.41, 5.74) is 0. The Kier molecular flexibility index (Phi) is 13.0. The van der Waals surface area contributed by atoms with Crippen molar-refractivity contribution in [3.05, 3.63) is 12.7 Å². The number of rotatable bonds is 13. The predicted molar refractivity (Wildman–Crippen MR) is 83.3 cm³/mol. The zero-order valence-corrected chi connectivity index (χ0v) is 12.8. The SMILES string of the molecule is C=CCNC(=O)C(C)NCCCCCCCCCC. The zero-order chi connectivity index (χ0) is 14.3. The summed E-state index contributed by atoms with van der Waals surface area (Å²) in [6, 6.07) is -0.107. The molecule has 0 radical (unpaired) electrons. The summed E-state index contributed by atoms with van der Waals surface area (Å²) in [5, 5.41) is 6.05. The van der Waals surface area contributed by atoms with Gasteiger partial charge < -0.3 is 10.6 Å². The maximum atomic E-state index is 11.5. The van der Waals surface area contributed by atoms with E-state index < -0.39 is 0 Å². The Morgan fingerprint density at radius 2 is 1.68 bits per heavy atom. The van der Waals surface area contributed by atoms with Crippen LogP contribution >= 0.6 is 0 Å². The number of unbranched alkanes of at least 4 members (excludes halogenated alkanes) is 7. The summed E-state index contributed by atoms with van der Waals surface area (Å²) in [6.45, 7) is 9.21. The first-order valence-corrected chi connectivity index (χ1v) is 7.84. The summed E-state index contributed by atoms with van der Waals surface area (Å²) in [6.07, 6.45) is 12.2. The van der Waals surface area contributed by atoms with E-state index in [0.717, 1.165) is 13.0 Å². The molecule has 0 aromatic rings. The summed E-state index contributed by atoms with van der Waals surface area (Å²) < 4.78 is 0. The highest BCUT2D eigenvalue weighted by molar-refractivity contribution is 5.81. The average Bonchev–Trinajstić information content (AvgIpc) is 2.42. The van der Waals surface area contributed by atoms with E-state index in [4.69, 9.17) is 0 Å². The largest absolute Gasteiger partial charge is 0.351 e. The van der Waals surface area contributed by atoms with Crippen LogP contribution in [0.3, 0.4) is 0 Å². The number of nitrogens with one attached hydrogen (secondary N) is 2. The van der Waals surface area contributed by atoms with Crippen LogP contribution in [0.5, 0.6) is 0 Å². The van der Waals surface area contributed by atoms with Gasteiger partial charge in [-0.2, -0.15) is 0 Å². The van der Waals surface area contributed by atoms with Crippen LogP contribution in [0.2, 0.25) is 0 Å². The number of carbonyl (C=O) groups is 1. The van der Waals surface area contributed by atoms with Gasteiger partial charge in [0.25, 0.3) is 0 Å². The predicted octanol–water partition coefficient (Wildman–Crippen LogP) is 3.41. The second-order valence-electron chi connectivity index (χ2n) is 5.18. The van der Waals surface area contributed by atoms with Crippen molar-refractivity contribution >= 4 is 5.91 Å². The van der Waals surface area contributed by atoms with Crippen molar-refractivity contribution in [3.8, 4) is 0 Å². The van der Waals surface area contributed by atoms with Crippen LogP contribution in [0.1, 0.15) is 65.2 Å². The average molecular weight is 268 g/mol. The number of hydrogen-bond donors (Lipinski definition) is 2. The minimum Gasteiger partial charge on any atom is -0.351 e. The molecule has 0 aliphatic heterocycles. The third-order valence-corrected chi connectivity index (χ3v) is 3.29. The highest BCUT2D eigenvalue weighted by atomic mass is 16.2. The second-order valence-corrected chi connectivity index (χ2v) is 5.18. The molecule has 112 valence electrons. The number of amides is 1. The monoisotopic (exact) mass is 268 g/mol. The minimum absolute atomic E-state index is 0.0551. The molecule has 0 aromatic heterocycles. The van der Waals surface area contributed by atoms with Crippen molar-refractivity contribution in [2.75, 3.05) is 13.1 Å². The fourth-order valence-corrected chi connectivity index (χ4v) is 2.00. The van der Waals surface area contributed by atoms with E-state index in [9.17, 15) is 4.79 Å². The van der Waals surface area contributed by atoms with Crippen molar-refractivity contribution < 1.29 is 4.79 Å². The molecule has 3 heteroatoms. The molecule has 0 heterocycles. The molecule has 0 saturated carbocycles.